The number of hydrogen-bond donors (Lipinski definition) is 1. The van der Waals surface area contributed by atoms with E-state index in [1.165, 1.54) is 12.8 Å². The molecule has 1 N–H and O–H groups in total. The van der Waals surface area contributed by atoms with Crippen LogP contribution in [-0.4, -0.2) is 51.1 Å². The number of aromatic nitrogens is 3. The van der Waals surface area contributed by atoms with E-state index in [9.17, 15) is 9.59 Å². The monoisotopic (exact) mass is 421 g/mol. The van der Waals surface area contributed by atoms with Crippen molar-refractivity contribution in [3.8, 4) is 0 Å². The molecular formula is C24H31N5O2. The van der Waals surface area contributed by atoms with E-state index in [4.69, 9.17) is 0 Å². The lowest BCUT2D eigenvalue weighted by atomic mass is 9.80. The van der Waals surface area contributed by atoms with Gasteiger partial charge in [-0.15, -0.1) is 10.2 Å². The molecule has 1 unspecified atom stereocenters. The molecule has 2 aliphatic heterocycles. The van der Waals surface area contributed by atoms with Gasteiger partial charge in [0.2, 0.25) is 5.82 Å². The number of amides is 2. The second-order valence-corrected chi connectivity index (χ2v) is 9.85. The molecule has 2 fully saturated rings. The van der Waals surface area contributed by atoms with E-state index < -0.39 is 0 Å². The molecule has 1 aromatic heterocycles. The third kappa shape index (κ3) is 4.10. The minimum atomic E-state index is -0.111. The minimum absolute atomic E-state index is 0.0942. The first kappa shape index (κ1) is 20.2. The first-order valence-electron chi connectivity index (χ1n) is 11.5. The van der Waals surface area contributed by atoms with Crippen LogP contribution < -0.4 is 5.32 Å². The Balaban J connectivity index is 1.26. The summed E-state index contributed by atoms with van der Waals surface area (Å²) in [5.41, 5.74) is 3.13. The van der Waals surface area contributed by atoms with Gasteiger partial charge < -0.3 is 14.8 Å². The maximum Gasteiger partial charge on any atom is 0.289 e. The van der Waals surface area contributed by atoms with Gasteiger partial charge in [0.15, 0.2) is 0 Å². The van der Waals surface area contributed by atoms with Crippen molar-refractivity contribution in [1.82, 2.24) is 25.0 Å². The molecule has 1 spiro atoms. The smallest absolute Gasteiger partial charge is 0.289 e. The predicted octanol–water partition coefficient (Wildman–Crippen LogP) is 2.90. The van der Waals surface area contributed by atoms with Crippen LogP contribution in [0, 0.1) is 25.2 Å². The molecule has 1 aliphatic carbocycles. The zero-order valence-electron chi connectivity index (χ0n) is 18.5. The number of carbonyl (C=O) groups is 2. The Hall–Kier alpha value is -2.70. The number of aryl methyl sites for hydroxylation is 3. The number of fused-ring (bicyclic) bond motifs is 1. The van der Waals surface area contributed by atoms with Crippen LogP contribution in [0.2, 0.25) is 0 Å². The van der Waals surface area contributed by atoms with Gasteiger partial charge in [-0.2, -0.15) is 0 Å². The van der Waals surface area contributed by atoms with E-state index in [0.717, 1.165) is 74.4 Å². The van der Waals surface area contributed by atoms with Crippen molar-refractivity contribution in [2.24, 2.45) is 11.3 Å². The van der Waals surface area contributed by atoms with E-state index in [2.05, 4.69) is 21.6 Å². The highest BCUT2D eigenvalue weighted by Gasteiger charge is 2.41. The van der Waals surface area contributed by atoms with Crippen molar-refractivity contribution in [2.45, 2.75) is 58.9 Å². The fraction of sp³-hybridized carbons (Fsp3) is 0.583. The lowest BCUT2D eigenvalue weighted by Crippen LogP contribution is -2.33. The van der Waals surface area contributed by atoms with Crippen molar-refractivity contribution < 1.29 is 9.59 Å². The first-order chi connectivity index (χ1) is 14.9. The van der Waals surface area contributed by atoms with Crippen molar-refractivity contribution in [1.29, 1.82) is 0 Å². The summed E-state index contributed by atoms with van der Waals surface area (Å²) in [5.74, 6) is 1.99. The number of carbonyl (C=O) groups excluding carboxylic acids is 2. The van der Waals surface area contributed by atoms with E-state index in [-0.39, 0.29) is 17.2 Å². The average Bonchev–Trinajstić information content (AvgIpc) is 3.38. The van der Waals surface area contributed by atoms with E-state index >= 15 is 0 Å². The summed E-state index contributed by atoms with van der Waals surface area (Å²) < 4.78 is 2.01. The highest BCUT2D eigenvalue weighted by molar-refractivity contribution is 5.95. The molecule has 1 saturated heterocycles. The summed E-state index contributed by atoms with van der Waals surface area (Å²) in [6, 6.07) is 6.07. The van der Waals surface area contributed by atoms with Crippen LogP contribution in [0.5, 0.6) is 0 Å². The summed E-state index contributed by atoms with van der Waals surface area (Å²) >= 11 is 0. The van der Waals surface area contributed by atoms with Gasteiger partial charge in [-0.1, -0.05) is 17.2 Å². The van der Waals surface area contributed by atoms with Gasteiger partial charge in [-0.25, -0.2) is 0 Å². The molecule has 1 atom stereocenters. The Bertz CT molecular complexity index is 1000. The van der Waals surface area contributed by atoms with Gasteiger partial charge in [0.25, 0.3) is 11.8 Å². The molecule has 1 aromatic carbocycles. The number of nitrogens with one attached hydrogen (secondary N) is 1. The Labute approximate surface area is 183 Å². The zero-order valence-corrected chi connectivity index (χ0v) is 18.5. The van der Waals surface area contributed by atoms with Crippen LogP contribution in [0.1, 0.15) is 70.0 Å². The molecule has 2 amide bonds. The number of likely N-dealkylation sites (tertiary alicyclic amines) is 1. The molecule has 7 heteroatoms. The van der Waals surface area contributed by atoms with Crippen molar-refractivity contribution in [3.05, 3.63) is 46.5 Å². The number of benzene rings is 1. The maximum atomic E-state index is 13.2. The third-order valence-corrected chi connectivity index (χ3v) is 7.22. The minimum Gasteiger partial charge on any atom is -0.349 e. The quantitative estimate of drug-likeness (QED) is 0.823. The molecule has 31 heavy (non-hydrogen) atoms. The fourth-order valence-corrected chi connectivity index (χ4v) is 5.21. The lowest BCUT2D eigenvalue weighted by molar-refractivity contribution is 0.0767. The molecule has 164 valence electrons. The molecule has 0 bridgehead atoms. The van der Waals surface area contributed by atoms with Crippen LogP contribution in [0.15, 0.2) is 18.2 Å². The van der Waals surface area contributed by atoms with E-state index in [0.29, 0.717) is 11.7 Å². The molecule has 0 radical (unpaired) electrons. The summed E-state index contributed by atoms with van der Waals surface area (Å²) in [7, 11) is 0. The Morgan fingerprint density at radius 1 is 1.06 bits per heavy atom. The van der Waals surface area contributed by atoms with Crippen LogP contribution in [-0.2, 0) is 13.0 Å². The second-order valence-electron chi connectivity index (χ2n) is 9.85. The lowest BCUT2D eigenvalue weighted by Gasteiger charge is -2.27. The van der Waals surface area contributed by atoms with Crippen LogP contribution in [0.3, 0.4) is 0 Å². The van der Waals surface area contributed by atoms with E-state index in [1.54, 1.807) is 0 Å². The van der Waals surface area contributed by atoms with Crippen LogP contribution in [0.25, 0.3) is 0 Å². The second kappa shape index (κ2) is 7.77. The summed E-state index contributed by atoms with van der Waals surface area (Å²) in [5, 5.41) is 11.5. The highest BCUT2D eigenvalue weighted by Crippen LogP contribution is 2.41. The van der Waals surface area contributed by atoms with Crippen molar-refractivity contribution >= 4 is 11.8 Å². The maximum absolute atomic E-state index is 13.2. The van der Waals surface area contributed by atoms with Gasteiger partial charge in [-0.05, 0) is 69.4 Å². The molecule has 5 rings (SSSR count). The van der Waals surface area contributed by atoms with Gasteiger partial charge in [0, 0.05) is 38.2 Å². The standard InChI is InChI=1S/C24H31N5O2/c1-16-11-17(2)13-19(12-16)23(31)28-9-7-24(15-28)6-5-20-26-27-21(29(20)10-8-24)22(30)25-14-18-3-4-18/h11-13,18H,3-10,14-15H2,1-2H3,(H,25,30). The van der Waals surface area contributed by atoms with Crippen LogP contribution in [0.4, 0.5) is 0 Å². The van der Waals surface area contributed by atoms with Gasteiger partial charge in [0.05, 0.1) is 0 Å². The first-order valence-corrected chi connectivity index (χ1v) is 11.5. The third-order valence-electron chi connectivity index (χ3n) is 7.22. The average molecular weight is 422 g/mol. The van der Waals surface area contributed by atoms with Gasteiger partial charge >= 0.3 is 0 Å². The number of hydrogen-bond acceptors (Lipinski definition) is 4. The molecule has 7 nitrogen and oxygen atoms in total. The van der Waals surface area contributed by atoms with Crippen molar-refractivity contribution in [3.63, 3.8) is 0 Å². The Morgan fingerprint density at radius 2 is 1.81 bits per heavy atom. The predicted molar refractivity (Wildman–Crippen MR) is 117 cm³/mol. The normalized spacial score (nSPS) is 23.0. The SMILES string of the molecule is Cc1cc(C)cc(C(=O)N2CCC3(CCc4nnc(C(=O)NCC5CC5)n4CC3)C2)c1. The molecule has 2 aromatic rings. The zero-order chi connectivity index (χ0) is 21.6. The largest absolute Gasteiger partial charge is 0.349 e. The fourth-order valence-electron chi connectivity index (χ4n) is 5.21. The van der Waals surface area contributed by atoms with Crippen LogP contribution >= 0.6 is 0 Å². The Morgan fingerprint density at radius 3 is 2.55 bits per heavy atom. The Kier molecular flexibility index (Phi) is 5.07. The van der Waals surface area contributed by atoms with Gasteiger partial charge in [-0.3, -0.25) is 9.59 Å². The molecule has 3 aliphatic rings. The molecular weight excluding hydrogens is 390 g/mol. The summed E-state index contributed by atoms with van der Waals surface area (Å²) in [4.78, 5) is 27.8. The molecule has 1 saturated carbocycles. The topological polar surface area (TPSA) is 80.1 Å². The summed E-state index contributed by atoms with van der Waals surface area (Å²) in [6.07, 6.45) is 6.14. The number of rotatable bonds is 4. The number of nitrogens with zero attached hydrogens (tertiary/aromatic N) is 4. The van der Waals surface area contributed by atoms with Crippen molar-refractivity contribution in [2.75, 3.05) is 19.6 Å². The van der Waals surface area contributed by atoms with E-state index in [1.807, 2.05) is 35.4 Å². The summed E-state index contributed by atoms with van der Waals surface area (Å²) in [6.45, 7) is 7.12. The molecule has 3 heterocycles. The van der Waals surface area contributed by atoms with Gasteiger partial charge in [0.1, 0.15) is 5.82 Å². The highest BCUT2D eigenvalue weighted by atomic mass is 16.2.